The lowest BCUT2D eigenvalue weighted by Crippen LogP contribution is -2.52. The maximum atomic E-state index is 12.6. The number of amides is 1. The van der Waals surface area contributed by atoms with Gasteiger partial charge in [-0.2, -0.15) is 0 Å². The number of fused-ring (bicyclic) bond motifs is 1. The van der Waals surface area contributed by atoms with Crippen LogP contribution < -0.4 is 20.6 Å². The summed E-state index contributed by atoms with van der Waals surface area (Å²) < 4.78 is 37.6. The van der Waals surface area contributed by atoms with Gasteiger partial charge in [-0.3, -0.25) is 4.79 Å². The van der Waals surface area contributed by atoms with Crippen molar-refractivity contribution < 1.29 is 40.9 Å². The second-order valence-electron chi connectivity index (χ2n) is 15.4. The van der Waals surface area contributed by atoms with Crippen molar-refractivity contribution in [1.82, 2.24) is 10.0 Å². The fraction of sp³-hybridized carbons (Fsp3) is 0.610. The van der Waals surface area contributed by atoms with Gasteiger partial charge in [0.15, 0.2) is 0 Å². The van der Waals surface area contributed by atoms with Gasteiger partial charge in [0.05, 0.1) is 11.3 Å². The van der Waals surface area contributed by atoms with E-state index in [0.717, 1.165) is 114 Å². The maximum absolute atomic E-state index is 12.6. The number of rotatable bonds is 31. The second kappa shape index (κ2) is 25.5. The summed E-state index contributed by atoms with van der Waals surface area (Å²) in [6.45, 7) is 1.01. The summed E-state index contributed by atoms with van der Waals surface area (Å²) in [6.07, 6.45) is 16.9. The maximum Gasteiger partial charge on any atom is 0.488 e. The first-order chi connectivity index (χ1) is 27.2. The lowest BCUT2D eigenvalue weighted by molar-refractivity contribution is -0.120. The molecule has 0 radical (unpaired) electrons. The molecule has 0 atom stereocenters. The number of nitrogens with zero attached hydrogens (tertiary/aromatic N) is 1. The Balaban J connectivity index is 1.11. The number of carbonyl (C=O) groups excluding carboxylic acids is 1. The van der Waals surface area contributed by atoms with Crippen molar-refractivity contribution in [3.63, 3.8) is 0 Å². The highest BCUT2D eigenvalue weighted by atomic mass is 32.2. The van der Waals surface area contributed by atoms with E-state index in [1.807, 2.05) is 31.1 Å². The summed E-state index contributed by atoms with van der Waals surface area (Å²) in [7, 11) is -7.90. The van der Waals surface area contributed by atoms with Crippen molar-refractivity contribution in [1.29, 1.82) is 0 Å². The van der Waals surface area contributed by atoms with Crippen LogP contribution in [-0.2, 0) is 25.4 Å². The summed E-state index contributed by atoms with van der Waals surface area (Å²) in [4.78, 5) is 68.3. The zero-order valence-corrected chi connectivity index (χ0v) is 36.9. The molecule has 320 valence electrons. The fourth-order valence-electron chi connectivity index (χ4n) is 6.80. The van der Waals surface area contributed by atoms with Crippen molar-refractivity contribution in [3.05, 3.63) is 70.6 Å². The molecule has 16 heteroatoms. The highest BCUT2D eigenvalue weighted by Gasteiger charge is 2.44. The van der Waals surface area contributed by atoms with Crippen LogP contribution in [0.25, 0.3) is 11.0 Å². The molecule has 6 N–H and O–H groups in total. The standard InChI is InChI=1S/C41H67N3O10SSi2/c1-44(2)36-26-27-38-35(33-41(46)53-39(38)34-36)32-40(45)42-28-20-13-9-5-3-7-11-15-22-30-56(49,50)54-57(51,52)31-23-16-12-8-4-6-10-14-21-29-43-55(47,48)37-24-18-17-19-25-37/h17-19,24-27,33-34,43,49-52H,3-16,20-23,28-32H2,1-2H3,(H,42,45). The van der Waals surface area contributed by atoms with Gasteiger partial charge in [-0.05, 0) is 55.5 Å². The minimum Gasteiger partial charge on any atom is -0.423 e. The summed E-state index contributed by atoms with van der Waals surface area (Å²) in [5.41, 5.74) is 1.56. The highest BCUT2D eigenvalue weighted by molar-refractivity contribution is 7.89. The molecular formula is C41H67N3O10SSi2. The molecular weight excluding hydrogens is 783 g/mol. The molecule has 1 amide bonds. The van der Waals surface area contributed by atoms with Crippen molar-refractivity contribution in [2.75, 3.05) is 32.1 Å². The Labute approximate surface area is 341 Å². The number of benzene rings is 2. The van der Waals surface area contributed by atoms with Crippen LogP contribution in [0, 0.1) is 0 Å². The van der Waals surface area contributed by atoms with E-state index in [1.54, 1.807) is 36.4 Å². The van der Waals surface area contributed by atoms with Crippen LogP contribution in [0.5, 0.6) is 0 Å². The molecule has 0 spiro atoms. The lowest BCUT2D eigenvalue weighted by Gasteiger charge is -2.25. The van der Waals surface area contributed by atoms with Gasteiger partial charge in [0.25, 0.3) is 0 Å². The van der Waals surface area contributed by atoms with Crippen molar-refractivity contribution in [3.8, 4) is 0 Å². The van der Waals surface area contributed by atoms with Crippen LogP contribution in [0.4, 0.5) is 5.69 Å². The molecule has 0 saturated carbocycles. The molecule has 3 aromatic rings. The van der Waals surface area contributed by atoms with Crippen molar-refractivity contribution in [2.45, 2.75) is 139 Å². The minimum atomic E-state index is -4.14. The summed E-state index contributed by atoms with van der Waals surface area (Å²) in [5.74, 6) is -0.123. The monoisotopic (exact) mass is 849 g/mol. The number of hydrogen-bond donors (Lipinski definition) is 6. The summed E-state index contributed by atoms with van der Waals surface area (Å²) in [5, 5.41) is 3.72. The number of anilines is 1. The van der Waals surface area contributed by atoms with E-state index in [2.05, 4.69) is 10.0 Å². The minimum absolute atomic E-state index is 0.0531. The van der Waals surface area contributed by atoms with Crippen LogP contribution in [0.3, 0.4) is 0 Å². The topological polar surface area (TPSA) is 199 Å². The molecule has 3 rings (SSSR count). The van der Waals surface area contributed by atoms with E-state index in [9.17, 15) is 37.2 Å². The molecule has 0 unspecified atom stereocenters. The summed E-state index contributed by atoms with van der Waals surface area (Å²) in [6, 6.07) is 15.5. The lowest BCUT2D eigenvalue weighted by atomic mass is 10.1. The predicted octanol–water partition coefficient (Wildman–Crippen LogP) is 6.38. The zero-order chi connectivity index (χ0) is 41.6. The van der Waals surface area contributed by atoms with E-state index < -0.39 is 33.3 Å². The first-order valence-electron chi connectivity index (χ1n) is 20.8. The third kappa shape index (κ3) is 20.1. The molecule has 0 saturated heterocycles. The van der Waals surface area contributed by atoms with E-state index in [1.165, 1.54) is 6.07 Å². The largest absolute Gasteiger partial charge is 0.488 e. The van der Waals surface area contributed by atoms with Crippen LogP contribution in [-0.4, -0.2) is 78.3 Å². The van der Waals surface area contributed by atoms with Gasteiger partial charge < -0.3 is 37.9 Å². The number of nitrogens with one attached hydrogen (secondary N) is 2. The van der Waals surface area contributed by atoms with Gasteiger partial charge >= 0.3 is 23.2 Å². The molecule has 0 aliphatic rings. The van der Waals surface area contributed by atoms with E-state index in [4.69, 9.17) is 8.53 Å². The van der Waals surface area contributed by atoms with Gasteiger partial charge in [-0.1, -0.05) is 108 Å². The Bertz CT molecular complexity index is 1780. The Hall–Kier alpha value is -2.94. The SMILES string of the molecule is CN(C)c1ccc2c(CC(=O)NCCCCCCCCCCC[Si](O)(O)O[Si](O)(O)CCCCCCCCCCCNS(=O)(=O)c3ccccc3)cc(=O)oc2c1. The molecule has 13 nitrogen and oxygen atoms in total. The number of sulfonamides is 1. The quantitative estimate of drug-likeness (QED) is 0.0239. The normalized spacial score (nSPS) is 12.3. The molecule has 0 fully saturated rings. The highest BCUT2D eigenvalue weighted by Crippen LogP contribution is 2.24. The molecule has 57 heavy (non-hydrogen) atoms. The van der Waals surface area contributed by atoms with E-state index in [-0.39, 0.29) is 29.3 Å². The third-order valence-electron chi connectivity index (χ3n) is 10.0. The average Bonchev–Trinajstić information content (AvgIpc) is 3.15. The average molecular weight is 850 g/mol. The zero-order valence-electron chi connectivity index (χ0n) is 34.1. The number of hydrogen-bond acceptors (Lipinski definition) is 11. The van der Waals surface area contributed by atoms with Gasteiger partial charge in [-0.25, -0.2) is 17.9 Å². The van der Waals surface area contributed by atoms with E-state index in [0.29, 0.717) is 37.1 Å². The Morgan fingerprint density at radius 3 is 1.70 bits per heavy atom. The molecule has 0 aliphatic heterocycles. The van der Waals surface area contributed by atoms with Gasteiger partial charge in [-0.15, -0.1) is 0 Å². The van der Waals surface area contributed by atoms with Crippen LogP contribution in [0.2, 0.25) is 12.1 Å². The smallest absolute Gasteiger partial charge is 0.423 e. The predicted molar refractivity (Wildman–Crippen MR) is 229 cm³/mol. The molecule has 1 heterocycles. The van der Waals surface area contributed by atoms with Crippen molar-refractivity contribution in [2.24, 2.45) is 0 Å². The molecule has 1 aromatic heterocycles. The molecule has 0 aliphatic carbocycles. The Morgan fingerprint density at radius 2 is 1.18 bits per heavy atom. The first-order valence-corrected chi connectivity index (χ1v) is 26.3. The van der Waals surface area contributed by atoms with Crippen LogP contribution in [0.1, 0.15) is 121 Å². The van der Waals surface area contributed by atoms with E-state index >= 15 is 0 Å². The first kappa shape index (κ1) is 48.4. The molecule has 0 bridgehead atoms. The fourth-order valence-corrected chi connectivity index (χ4v) is 12.2. The molecule has 2 aromatic carbocycles. The summed E-state index contributed by atoms with van der Waals surface area (Å²) >= 11 is 0. The Kier molecular flexibility index (Phi) is 21.7. The van der Waals surface area contributed by atoms with Crippen LogP contribution in [0.15, 0.2) is 68.7 Å². The van der Waals surface area contributed by atoms with Crippen LogP contribution >= 0.6 is 0 Å². The van der Waals surface area contributed by atoms with Gasteiger partial charge in [0.1, 0.15) is 5.58 Å². The number of carbonyl (C=O) groups is 1. The second-order valence-corrected chi connectivity index (χ2v) is 21.9. The Morgan fingerprint density at radius 1 is 0.684 bits per heavy atom. The van der Waals surface area contributed by atoms with Crippen molar-refractivity contribution >= 4 is 50.2 Å². The third-order valence-corrected chi connectivity index (χ3v) is 16.1. The van der Waals surface area contributed by atoms with Gasteiger partial charge in [0.2, 0.25) is 15.9 Å². The number of unbranched alkanes of at least 4 members (excludes halogenated alkanes) is 16. The van der Waals surface area contributed by atoms with Gasteiger partial charge in [0, 0.05) is 62.5 Å².